The second-order valence-electron chi connectivity index (χ2n) is 9.51. The first-order valence-corrected chi connectivity index (χ1v) is 12.9. The van der Waals surface area contributed by atoms with Crippen molar-refractivity contribution < 1.29 is 61.6 Å². The Morgan fingerprint density at radius 2 is 1.11 bits per heavy atom. The predicted molar refractivity (Wildman–Crippen MR) is 144 cm³/mol. The van der Waals surface area contributed by atoms with Gasteiger partial charge < -0.3 is 23.7 Å². The Labute approximate surface area is 250 Å². The quantitative estimate of drug-likeness (QED) is 0.127. The number of halogens is 1. The van der Waals surface area contributed by atoms with E-state index in [1.165, 1.54) is 54.6 Å². The molecule has 2 aliphatic rings. The lowest BCUT2D eigenvalue weighted by atomic mass is 10.1. The number of ether oxygens (including phenoxy) is 5. The summed E-state index contributed by atoms with van der Waals surface area (Å²) in [7, 11) is 0. The summed E-state index contributed by atoms with van der Waals surface area (Å²) < 4.78 is 38.4. The molecule has 0 saturated heterocycles. The van der Waals surface area contributed by atoms with E-state index in [-0.39, 0.29) is 57.1 Å². The lowest BCUT2D eigenvalue weighted by Crippen LogP contribution is -2.15. The Morgan fingerprint density at radius 1 is 0.578 bits per heavy atom. The van der Waals surface area contributed by atoms with Gasteiger partial charge in [-0.2, -0.15) is 0 Å². The van der Waals surface area contributed by atoms with Crippen molar-refractivity contribution in [2.75, 3.05) is 0 Å². The number of benzene rings is 4. The van der Waals surface area contributed by atoms with Crippen LogP contribution in [-0.4, -0.2) is 41.8 Å². The van der Waals surface area contributed by atoms with Crippen molar-refractivity contribution in [3.63, 3.8) is 0 Å². The van der Waals surface area contributed by atoms with Crippen molar-refractivity contribution >= 4 is 41.8 Å². The van der Waals surface area contributed by atoms with E-state index in [2.05, 4.69) is 9.47 Å². The summed E-state index contributed by atoms with van der Waals surface area (Å²) in [5.41, 5.74) is -0.458. The van der Waals surface area contributed by atoms with Crippen LogP contribution in [0.1, 0.15) is 78.1 Å². The number of esters is 7. The lowest BCUT2D eigenvalue weighted by Gasteiger charge is -2.13. The van der Waals surface area contributed by atoms with Crippen LogP contribution in [0.15, 0.2) is 78.9 Å². The molecule has 6 rings (SSSR count). The van der Waals surface area contributed by atoms with Crippen LogP contribution in [0.3, 0.4) is 0 Å². The second kappa shape index (κ2) is 11.3. The lowest BCUT2D eigenvalue weighted by molar-refractivity contribution is 0.0425. The minimum atomic E-state index is -1.01. The number of carbonyl (C=O) groups is 7. The number of rotatable bonds is 7. The maximum absolute atomic E-state index is 13.3. The summed E-state index contributed by atoms with van der Waals surface area (Å²) in [5.74, 6) is -7.56. The van der Waals surface area contributed by atoms with Gasteiger partial charge in [0.1, 0.15) is 29.5 Å². The third-order valence-electron chi connectivity index (χ3n) is 6.63. The van der Waals surface area contributed by atoms with Crippen LogP contribution in [0, 0.1) is 5.82 Å². The van der Waals surface area contributed by atoms with Crippen LogP contribution in [0.25, 0.3) is 0 Å². The maximum atomic E-state index is 13.3. The van der Waals surface area contributed by atoms with Gasteiger partial charge in [0.25, 0.3) is 0 Å². The number of hydrogen-bond donors (Lipinski definition) is 0. The van der Waals surface area contributed by atoms with Crippen molar-refractivity contribution in [3.8, 4) is 11.5 Å². The average molecular weight is 610 g/mol. The highest BCUT2D eigenvalue weighted by molar-refractivity contribution is 6.16. The van der Waals surface area contributed by atoms with E-state index >= 15 is 0 Å². The van der Waals surface area contributed by atoms with Crippen LogP contribution < -0.4 is 9.47 Å². The van der Waals surface area contributed by atoms with E-state index in [1.54, 1.807) is 0 Å². The Bertz CT molecular complexity index is 1990. The van der Waals surface area contributed by atoms with E-state index in [9.17, 15) is 38.0 Å². The van der Waals surface area contributed by atoms with Crippen LogP contribution in [0.4, 0.5) is 4.39 Å². The van der Waals surface area contributed by atoms with E-state index in [0.717, 1.165) is 24.3 Å². The second-order valence-corrected chi connectivity index (χ2v) is 9.51. The fourth-order valence-electron chi connectivity index (χ4n) is 4.38. The molecule has 0 unspecified atom stereocenters. The Morgan fingerprint density at radius 3 is 1.69 bits per heavy atom. The minimum absolute atomic E-state index is 0.0132. The molecule has 13 heteroatoms. The van der Waals surface area contributed by atoms with Crippen molar-refractivity contribution in [3.05, 3.63) is 129 Å². The van der Waals surface area contributed by atoms with Gasteiger partial charge in [0.2, 0.25) is 0 Å². The topological polar surface area (TPSA) is 166 Å². The summed E-state index contributed by atoms with van der Waals surface area (Å²) in [4.78, 5) is 86.2. The van der Waals surface area contributed by atoms with Gasteiger partial charge in [0.05, 0.1) is 33.4 Å². The minimum Gasteiger partial charge on any atom is -0.457 e. The van der Waals surface area contributed by atoms with Gasteiger partial charge in [-0.25, -0.2) is 38.0 Å². The molecule has 0 aromatic heterocycles. The fraction of sp³-hybridized carbons (Fsp3) is 0.0312. The van der Waals surface area contributed by atoms with Gasteiger partial charge in [-0.1, -0.05) is 12.1 Å². The van der Waals surface area contributed by atoms with E-state index in [4.69, 9.17) is 14.2 Å². The van der Waals surface area contributed by atoms with E-state index in [0.29, 0.717) is 5.56 Å². The SMILES string of the molecule is O=C(Oc1ccc(OC(=O)c2ccc3c(c2)C(=O)OC3=O)c(C(=O)OCc2ccc(F)cc2)c1)c1ccc2c(c1)C(=O)OC2=O. The van der Waals surface area contributed by atoms with Gasteiger partial charge in [0.15, 0.2) is 0 Å². The Kier molecular flexibility index (Phi) is 7.18. The summed E-state index contributed by atoms with van der Waals surface area (Å²) >= 11 is 0. The summed E-state index contributed by atoms with van der Waals surface area (Å²) in [6.45, 7) is -0.290. The third-order valence-corrected chi connectivity index (χ3v) is 6.63. The zero-order chi connectivity index (χ0) is 31.8. The first-order valence-electron chi connectivity index (χ1n) is 12.9. The zero-order valence-corrected chi connectivity index (χ0v) is 22.5. The van der Waals surface area contributed by atoms with Crippen molar-refractivity contribution in [2.24, 2.45) is 0 Å². The fourth-order valence-corrected chi connectivity index (χ4v) is 4.38. The van der Waals surface area contributed by atoms with Gasteiger partial charge in [-0.15, -0.1) is 0 Å². The molecule has 0 radical (unpaired) electrons. The highest BCUT2D eigenvalue weighted by Crippen LogP contribution is 2.29. The molecule has 0 N–H and O–H groups in total. The number of hydrogen-bond acceptors (Lipinski definition) is 12. The molecule has 2 aliphatic heterocycles. The normalized spacial score (nSPS) is 13.0. The molecule has 0 bridgehead atoms. The van der Waals surface area contributed by atoms with Gasteiger partial charge >= 0.3 is 41.8 Å². The molecular formula is C32H15FO12. The number of carbonyl (C=O) groups excluding carboxylic acids is 7. The summed E-state index contributed by atoms with van der Waals surface area (Å²) in [6.07, 6.45) is 0. The molecule has 45 heavy (non-hydrogen) atoms. The molecule has 0 fully saturated rings. The van der Waals surface area contributed by atoms with Crippen LogP contribution in [0.5, 0.6) is 11.5 Å². The van der Waals surface area contributed by atoms with Crippen molar-refractivity contribution in [1.82, 2.24) is 0 Å². The first-order chi connectivity index (χ1) is 21.6. The number of fused-ring (bicyclic) bond motifs is 2. The molecule has 0 atom stereocenters. The molecule has 0 saturated carbocycles. The highest BCUT2D eigenvalue weighted by Gasteiger charge is 2.32. The highest BCUT2D eigenvalue weighted by atomic mass is 19.1. The summed E-state index contributed by atoms with van der Waals surface area (Å²) in [5, 5.41) is 0. The van der Waals surface area contributed by atoms with Crippen molar-refractivity contribution in [1.29, 1.82) is 0 Å². The molecule has 0 amide bonds. The van der Waals surface area contributed by atoms with Crippen molar-refractivity contribution in [2.45, 2.75) is 6.61 Å². The molecular weight excluding hydrogens is 595 g/mol. The van der Waals surface area contributed by atoms with E-state index in [1.807, 2.05) is 0 Å². The maximum Gasteiger partial charge on any atom is 0.346 e. The van der Waals surface area contributed by atoms with Crippen LogP contribution >= 0.6 is 0 Å². The standard InChI is InChI=1S/C32H15FO12/c33-18-5-1-15(2-6-18)14-41-28(36)24-13-19(42-26(34)16-3-8-20-22(11-16)31(39)44-29(20)37)7-10-25(24)43-27(35)17-4-9-21-23(12-17)32(40)45-30(21)38/h1-13H,14H2. The van der Waals surface area contributed by atoms with Gasteiger partial charge in [-0.3, -0.25) is 0 Å². The van der Waals surface area contributed by atoms with Gasteiger partial charge in [0, 0.05) is 0 Å². The first kappa shape index (κ1) is 28.6. The Hall–Kier alpha value is -6.50. The van der Waals surface area contributed by atoms with Crippen LogP contribution in [0.2, 0.25) is 0 Å². The molecule has 2 heterocycles. The molecule has 4 aromatic carbocycles. The molecule has 0 spiro atoms. The summed E-state index contributed by atoms with van der Waals surface area (Å²) in [6, 6.07) is 15.7. The van der Waals surface area contributed by atoms with Gasteiger partial charge in [-0.05, 0) is 72.3 Å². The predicted octanol–water partition coefficient (Wildman–Crippen LogP) is 4.24. The van der Waals surface area contributed by atoms with E-state index < -0.39 is 47.6 Å². The monoisotopic (exact) mass is 610 g/mol. The van der Waals surface area contributed by atoms with Crippen LogP contribution in [-0.2, 0) is 20.8 Å². The molecule has 4 aromatic rings. The smallest absolute Gasteiger partial charge is 0.346 e. The third kappa shape index (κ3) is 5.64. The molecule has 222 valence electrons. The number of cyclic esters (lactones) is 4. The largest absolute Gasteiger partial charge is 0.457 e. The zero-order valence-electron chi connectivity index (χ0n) is 22.5. The Balaban J connectivity index is 1.26. The molecule has 0 aliphatic carbocycles. The average Bonchev–Trinajstić information content (AvgIpc) is 3.49. The molecule has 12 nitrogen and oxygen atoms in total.